The number of sulfonamides is 1. The second-order valence-electron chi connectivity index (χ2n) is 8.05. The first kappa shape index (κ1) is 22.2. The molecular formula is C24H28N4O3S. The summed E-state index contributed by atoms with van der Waals surface area (Å²) in [5, 5.41) is 7.31. The van der Waals surface area contributed by atoms with E-state index in [0.717, 1.165) is 29.7 Å². The number of carbonyl (C=O) groups excluding carboxylic acids is 1. The highest BCUT2D eigenvalue weighted by Gasteiger charge is 2.33. The highest BCUT2D eigenvalue weighted by Crippen LogP contribution is 2.27. The van der Waals surface area contributed by atoms with Gasteiger partial charge in [0.2, 0.25) is 10.0 Å². The van der Waals surface area contributed by atoms with Gasteiger partial charge in [0.25, 0.3) is 5.91 Å². The quantitative estimate of drug-likeness (QED) is 0.597. The fourth-order valence-electron chi connectivity index (χ4n) is 4.08. The number of hydrogen-bond acceptors (Lipinski definition) is 4. The number of amides is 1. The first-order valence-electron chi connectivity index (χ1n) is 10.9. The fourth-order valence-corrected chi connectivity index (χ4v) is 5.49. The fraction of sp³-hybridized carbons (Fsp3) is 0.333. The summed E-state index contributed by atoms with van der Waals surface area (Å²) in [6.07, 6.45) is 2.44. The van der Waals surface area contributed by atoms with E-state index < -0.39 is 10.0 Å². The molecule has 0 spiro atoms. The number of aromatic nitrogens is 2. The number of fused-ring (bicyclic) bond motifs is 1. The summed E-state index contributed by atoms with van der Waals surface area (Å²) in [5.74, 6) is -0.297. The Labute approximate surface area is 189 Å². The highest BCUT2D eigenvalue weighted by molar-refractivity contribution is 7.89. The minimum Gasteiger partial charge on any atom is -0.347 e. The molecule has 4 rings (SSSR count). The van der Waals surface area contributed by atoms with Crippen molar-refractivity contribution in [3.8, 4) is 0 Å². The third-order valence-electron chi connectivity index (χ3n) is 5.82. The van der Waals surface area contributed by atoms with Crippen molar-refractivity contribution in [3.05, 3.63) is 82.7 Å². The molecule has 2 heterocycles. The number of nitrogens with one attached hydrogen (secondary N) is 1. The Morgan fingerprint density at radius 2 is 1.78 bits per heavy atom. The van der Waals surface area contributed by atoms with E-state index in [2.05, 4.69) is 17.3 Å². The van der Waals surface area contributed by atoms with Crippen molar-refractivity contribution >= 4 is 15.9 Å². The van der Waals surface area contributed by atoms with Gasteiger partial charge in [-0.15, -0.1) is 0 Å². The summed E-state index contributed by atoms with van der Waals surface area (Å²) < 4.78 is 29.7. The molecule has 0 fully saturated rings. The Morgan fingerprint density at radius 1 is 1.06 bits per heavy atom. The summed E-state index contributed by atoms with van der Waals surface area (Å²) in [5.41, 5.74) is 3.98. The number of hydrogen-bond donors (Lipinski definition) is 1. The second kappa shape index (κ2) is 9.26. The van der Waals surface area contributed by atoms with Crippen LogP contribution in [0.15, 0.2) is 59.5 Å². The van der Waals surface area contributed by atoms with Gasteiger partial charge in [0.05, 0.1) is 4.90 Å². The minimum atomic E-state index is -3.66. The van der Waals surface area contributed by atoms with Crippen molar-refractivity contribution in [3.63, 3.8) is 0 Å². The Balaban J connectivity index is 1.54. The average molecular weight is 453 g/mol. The predicted octanol–water partition coefficient (Wildman–Crippen LogP) is 3.05. The van der Waals surface area contributed by atoms with E-state index in [1.807, 2.05) is 42.5 Å². The van der Waals surface area contributed by atoms with Crippen molar-refractivity contribution < 1.29 is 13.2 Å². The Bertz CT molecular complexity index is 1200. The van der Waals surface area contributed by atoms with Gasteiger partial charge in [0, 0.05) is 44.4 Å². The van der Waals surface area contributed by atoms with Crippen molar-refractivity contribution in [2.75, 3.05) is 6.54 Å². The zero-order chi connectivity index (χ0) is 22.7. The van der Waals surface area contributed by atoms with Crippen LogP contribution in [-0.4, -0.2) is 35.0 Å². The second-order valence-corrected chi connectivity index (χ2v) is 9.99. The molecule has 1 aromatic heterocycles. The van der Waals surface area contributed by atoms with E-state index in [-0.39, 0.29) is 23.0 Å². The molecular weight excluding hydrogens is 424 g/mol. The summed E-state index contributed by atoms with van der Waals surface area (Å²) in [6.45, 7) is 2.97. The van der Waals surface area contributed by atoms with Crippen LogP contribution in [0.5, 0.6) is 0 Å². The van der Waals surface area contributed by atoms with Gasteiger partial charge in [-0.1, -0.05) is 55.8 Å². The van der Waals surface area contributed by atoms with E-state index in [1.165, 1.54) is 4.31 Å². The molecule has 0 bridgehead atoms. The lowest BCUT2D eigenvalue weighted by Gasteiger charge is -2.27. The molecule has 0 saturated heterocycles. The van der Waals surface area contributed by atoms with Gasteiger partial charge in [0.1, 0.15) is 0 Å². The number of rotatable bonds is 7. The standard InChI is InChI=1S/C24H28N4O3S/c1-3-7-18-10-12-20(13-11-18)32(30,31)28-15-14-22-21(17-28)23(26-27(22)2)24(29)25-16-19-8-5-4-6-9-19/h4-6,8-13H,3,7,14-17H2,1-2H3,(H,25,29). The molecule has 0 saturated carbocycles. The third-order valence-corrected chi connectivity index (χ3v) is 7.68. The smallest absolute Gasteiger partial charge is 0.272 e. The van der Waals surface area contributed by atoms with Crippen LogP contribution in [0.25, 0.3) is 0 Å². The maximum absolute atomic E-state index is 13.3. The van der Waals surface area contributed by atoms with E-state index >= 15 is 0 Å². The zero-order valence-electron chi connectivity index (χ0n) is 18.4. The van der Waals surface area contributed by atoms with Crippen molar-refractivity contribution in [2.24, 2.45) is 7.05 Å². The molecule has 7 nitrogen and oxygen atoms in total. The van der Waals surface area contributed by atoms with Gasteiger partial charge in [-0.3, -0.25) is 9.48 Å². The Morgan fingerprint density at radius 3 is 2.47 bits per heavy atom. The van der Waals surface area contributed by atoms with E-state index in [0.29, 0.717) is 25.1 Å². The van der Waals surface area contributed by atoms with E-state index in [1.54, 1.807) is 23.9 Å². The van der Waals surface area contributed by atoms with Crippen LogP contribution in [0.3, 0.4) is 0 Å². The lowest BCUT2D eigenvalue weighted by molar-refractivity contribution is 0.0943. The average Bonchev–Trinajstić information content (AvgIpc) is 3.15. The molecule has 0 radical (unpaired) electrons. The first-order valence-corrected chi connectivity index (χ1v) is 12.3. The Hall–Kier alpha value is -2.97. The molecule has 168 valence electrons. The molecule has 0 unspecified atom stereocenters. The molecule has 1 amide bonds. The summed E-state index contributed by atoms with van der Waals surface area (Å²) in [6, 6.07) is 16.7. The van der Waals surface area contributed by atoms with E-state index in [9.17, 15) is 13.2 Å². The molecule has 32 heavy (non-hydrogen) atoms. The van der Waals surface area contributed by atoms with Gasteiger partial charge in [-0.2, -0.15) is 9.40 Å². The highest BCUT2D eigenvalue weighted by atomic mass is 32.2. The Kier molecular flexibility index (Phi) is 6.43. The molecule has 1 N–H and O–H groups in total. The molecule has 2 aromatic carbocycles. The minimum absolute atomic E-state index is 0.135. The van der Waals surface area contributed by atoms with Gasteiger partial charge < -0.3 is 5.32 Å². The van der Waals surface area contributed by atoms with Gasteiger partial charge in [-0.25, -0.2) is 8.42 Å². The first-order chi connectivity index (χ1) is 15.4. The van der Waals surface area contributed by atoms with Crippen LogP contribution in [-0.2, 0) is 43.0 Å². The van der Waals surface area contributed by atoms with Crippen LogP contribution in [0.1, 0.15) is 46.2 Å². The van der Waals surface area contributed by atoms with Crippen molar-refractivity contribution in [2.45, 2.75) is 44.2 Å². The number of carbonyl (C=O) groups is 1. The number of nitrogens with zero attached hydrogens (tertiary/aromatic N) is 3. The van der Waals surface area contributed by atoms with Crippen LogP contribution in [0.2, 0.25) is 0 Å². The lowest BCUT2D eigenvalue weighted by Crippen LogP contribution is -2.37. The maximum Gasteiger partial charge on any atom is 0.272 e. The number of aryl methyl sites for hydroxylation is 2. The summed E-state index contributed by atoms with van der Waals surface area (Å²) in [4.78, 5) is 13.2. The van der Waals surface area contributed by atoms with Crippen LogP contribution in [0.4, 0.5) is 0 Å². The topological polar surface area (TPSA) is 84.3 Å². The molecule has 1 aliphatic rings. The predicted molar refractivity (Wildman–Crippen MR) is 123 cm³/mol. The van der Waals surface area contributed by atoms with Crippen molar-refractivity contribution in [1.82, 2.24) is 19.4 Å². The van der Waals surface area contributed by atoms with Gasteiger partial charge in [-0.05, 0) is 29.7 Å². The maximum atomic E-state index is 13.3. The number of benzene rings is 2. The lowest BCUT2D eigenvalue weighted by atomic mass is 10.1. The molecule has 8 heteroatoms. The third kappa shape index (κ3) is 4.47. The monoisotopic (exact) mass is 452 g/mol. The zero-order valence-corrected chi connectivity index (χ0v) is 19.2. The largest absolute Gasteiger partial charge is 0.347 e. The normalized spacial score (nSPS) is 14.2. The molecule has 0 atom stereocenters. The SMILES string of the molecule is CCCc1ccc(S(=O)(=O)N2CCc3c(c(C(=O)NCc4ccccc4)nn3C)C2)cc1. The summed E-state index contributed by atoms with van der Waals surface area (Å²) in [7, 11) is -1.87. The van der Waals surface area contributed by atoms with Gasteiger partial charge in [0.15, 0.2) is 5.69 Å². The summed E-state index contributed by atoms with van der Waals surface area (Å²) >= 11 is 0. The van der Waals surface area contributed by atoms with E-state index in [4.69, 9.17) is 0 Å². The van der Waals surface area contributed by atoms with Crippen molar-refractivity contribution in [1.29, 1.82) is 0 Å². The van der Waals surface area contributed by atoms with Crippen LogP contribution >= 0.6 is 0 Å². The molecule has 3 aromatic rings. The van der Waals surface area contributed by atoms with Crippen LogP contribution in [0, 0.1) is 0 Å². The molecule has 1 aliphatic heterocycles. The van der Waals surface area contributed by atoms with Crippen LogP contribution < -0.4 is 5.32 Å². The van der Waals surface area contributed by atoms with Gasteiger partial charge >= 0.3 is 0 Å². The molecule has 0 aliphatic carbocycles.